The minimum Gasteiger partial charge on any atom is -0.481 e. The molecular weight excluding hydrogens is 264 g/mol. The van der Waals surface area contributed by atoms with E-state index in [0.717, 1.165) is 19.0 Å². The molecule has 0 bridgehead atoms. The van der Waals surface area contributed by atoms with Gasteiger partial charge in [0, 0.05) is 24.7 Å². The van der Waals surface area contributed by atoms with Crippen LogP contribution in [0.15, 0.2) is 24.3 Å². The SMILES string of the molecule is O=C(O)C1CCCN(C/C=C/c2ccc(F)cc2F)C1. The highest BCUT2D eigenvalue weighted by Crippen LogP contribution is 2.17. The van der Waals surface area contributed by atoms with Gasteiger partial charge in [0.1, 0.15) is 11.6 Å². The van der Waals surface area contributed by atoms with E-state index in [4.69, 9.17) is 5.11 Å². The Morgan fingerprint density at radius 1 is 1.45 bits per heavy atom. The largest absolute Gasteiger partial charge is 0.481 e. The van der Waals surface area contributed by atoms with E-state index < -0.39 is 17.6 Å². The van der Waals surface area contributed by atoms with E-state index in [9.17, 15) is 13.6 Å². The Hall–Kier alpha value is -1.75. The molecule has 1 saturated heterocycles. The zero-order chi connectivity index (χ0) is 14.5. The molecule has 1 aromatic rings. The summed E-state index contributed by atoms with van der Waals surface area (Å²) in [4.78, 5) is 13.0. The van der Waals surface area contributed by atoms with Crippen LogP contribution in [0.3, 0.4) is 0 Å². The summed E-state index contributed by atoms with van der Waals surface area (Å²) in [6, 6.07) is 3.45. The van der Waals surface area contributed by atoms with Crippen molar-refractivity contribution in [2.45, 2.75) is 12.8 Å². The van der Waals surface area contributed by atoms with Gasteiger partial charge in [0.2, 0.25) is 0 Å². The molecular formula is C15H17F2NO2. The highest BCUT2D eigenvalue weighted by Gasteiger charge is 2.24. The van der Waals surface area contributed by atoms with E-state index in [-0.39, 0.29) is 5.92 Å². The van der Waals surface area contributed by atoms with Crippen LogP contribution < -0.4 is 0 Å². The fourth-order valence-corrected chi connectivity index (χ4v) is 2.39. The first-order chi connectivity index (χ1) is 9.56. The van der Waals surface area contributed by atoms with Gasteiger partial charge in [-0.05, 0) is 31.5 Å². The number of nitrogens with zero attached hydrogens (tertiary/aromatic N) is 1. The third-order valence-electron chi connectivity index (χ3n) is 3.48. The molecule has 20 heavy (non-hydrogen) atoms. The third-order valence-corrected chi connectivity index (χ3v) is 3.48. The summed E-state index contributed by atoms with van der Waals surface area (Å²) >= 11 is 0. The van der Waals surface area contributed by atoms with Gasteiger partial charge in [-0.1, -0.05) is 12.2 Å². The molecule has 5 heteroatoms. The van der Waals surface area contributed by atoms with Crippen molar-refractivity contribution in [1.29, 1.82) is 0 Å². The van der Waals surface area contributed by atoms with E-state index >= 15 is 0 Å². The molecule has 1 heterocycles. The quantitative estimate of drug-likeness (QED) is 0.922. The smallest absolute Gasteiger partial charge is 0.307 e. The van der Waals surface area contributed by atoms with Crippen LogP contribution in [0.5, 0.6) is 0 Å². The highest BCUT2D eigenvalue weighted by atomic mass is 19.1. The van der Waals surface area contributed by atoms with Crippen LogP contribution in [0.25, 0.3) is 6.08 Å². The molecule has 1 aliphatic rings. The summed E-state index contributed by atoms with van der Waals surface area (Å²) < 4.78 is 26.2. The number of carbonyl (C=O) groups is 1. The van der Waals surface area contributed by atoms with Gasteiger partial charge in [0.15, 0.2) is 0 Å². The molecule has 1 atom stereocenters. The van der Waals surface area contributed by atoms with Gasteiger partial charge in [-0.2, -0.15) is 0 Å². The molecule has 0 aliphatic carbocycles. The lowest BCUT2D eigenvalue weighted by atomic mass is 9.98. The zero-order valence-corrected chi connectivity index (χ0v) is 11.1. The number of halogens is 2. The van der Waals surface area contributed by atoms with Gasteiger partial charge < -0.3 is 5.11 Å². The first-order valence-electron chi connectivity index (χ1n) is 6.63. The lowest BCUT2D eigenvalue weighted by molar-refractivity contribution is -0.143. The van der Waals surface area contributed by atoms with Crippen LogP contribution in [0.1, 0.15) is 18.4 Å². The first-order valence-corrected chi connectivity index (χ1v) is 6.63. The summed E-state index contributed by atoms with van der Waals surface area (Å²) in [7, 11) is 0. The fraction of sp³-hybridized carbons (Fsp3) is 0.400. The summed E-state index contributed by atoms with van der Waals surface area (Å²) in [6.45, 7) is 1.94. The van der Waals surface area contributed by atoms with Gasteiger partial charge in [-0.3, -0.25) is 9.69 Å². The van der Waals surface area contributed by atoms with Gasteiger partial charge in [0.05, 0.1) is 5.92 Å². The van der Waals surface area contributed by atoms with Crippen molar-refractivity contribution in [1.82, 2.24) is 4.90 Å². The maximum absolute atomic E-state index is 13.4. The molecule has 1 unspecified atom stereocenters. The number of hydrogen-bond acceptors (Lipinski definition) is 2. The molecule has 1 aromatic carbocycles. The van der Waals surface area contributed by atoms with E-state index in [2.05, 4.69) is 0 Å². The normalized spacial score (nSPS) is 20.4. The zero-order valence-electron chi connectivity index (χ0n) is 11.1. The molecule has 1 aliphatic heterocycles. The standard InChI is InChI=1S/C15H17F2NO2/c16-13-6-5-11(14(17)9-13)3-1-7-18-8-2-4-12(10-18)15(19)20/h1,3,5-6,9,12H,2,4,7-8,10H2,(H,19,20)/b3-1+. The van der Waals surface area contributed by atoms with Gasteiger partial charge in [-0.25, -0.2) is 8.78 Å². The topological polar surface area (TPSA) is 40.5 Å². The highest BCUT2D eigenvalue weighted by molar-refractivity contribution is 5.70. The number of hydrogen-bond donors (Lipinski definition) is 1. The fourth-order valence-electron chi connectivity index (χ4n) is 2.39. The molecule has 2 rings (SSSR count). The van der Waals surface area contributed by atoms with Crippen molar-refractivity contribution < 1.29 is 18.7 Å². The Bertz CT molecular complexity index is 517. The van der Waals surface area contributed by atoms with Crippen LogP contribution in [0.2, 0.25) is 0 Å². The lowest BCUT2D eigenvalue weighted by Gasteiger charge is -2.29. The van der Waals surface area contributed by atoms with Crippen molar-refractivity contribution in [2.24, 2.45) is 5.92 Å². The van der Waals surface area contributed by atoms with Crippen LogP contribution in [0, 0.1) is 17.6 Å². The predicted octanol–water partition coefficient (Wildman–Crippen LogP) is 2.77. The Morgan fingerprint density at radius 2 is 2.25 bits per heavy atom. The van der Waals surface area contributed by atoms with Crippen molar-refractivity contribution in [3.05, 3.63) is 41.5 Å². The van der Waals surface area contributed by atoms with Crippen molar-refractivity contribution in [3.8, 4) is 0 Å². The van der Waals surface area contributed by atoms with Crippen molar-refractivity contribution in [3.63, 3.8) is 0 Å². The second kappa shape index (κ2) is 6.61. The summed E-state index contributed by atoms with van der Waals surface area (Å²) in [5, 5.41) is 8.99. The molecule has 1 N–H and O–H groups in total. The Morgan fingerprint density at radius 3 is 2.95 bits per heavy atom. The molecule has 0 spiro atoms. The molecule has 3 nitrogen and oxygen atoms in total. The number of benzene rings is 1. The number of carboxylic acids is 1. The van der Waals surface area contributed by atoms with Gasteiger partial charge >= 0.3 is 5.97 Å². The maximum Gasteiger partial charge on any atom is 0.307 e. The predicted molar refractivity (Wildman–Crippen MR) is 72.2 cm³/mol. The molecule has 0 saturated carbocycles. The Labute approximate surface area is 116 Å². The lowest BCUT2D eigenvalue weighted by Crippen LogP contribution is -2.38. The first kappa shape index (κ1) is 14.7. The second-order valence-electron chi connectivity index (χ2n) is 5.01. The summed E-state index contributed by atoms with van der Waals surface area (Å²) in [5.41, 5.74) is 0.332. The van der Waals surface area contributed by atoms with Crippen molar-refractivity contribution >= 4 is 12.0 Å². The molecule has 0 aromatic heterocycles. The number of carboxylic acid groups (broad SMARTS) is 1. The number of likely N-dealkylation sites (tertiary alicyclic amines) is 1. The van der Waals surface area contributed by atoms with E-state index in [1.54, 1.807) is 12.2 Å². The minimum atomic E-state index is -0.761. The molecule has 1 fully saturated rings. The van der Waals surface area contributed by atoms with Gasteiger partial charge in [-0.15, -0.1) is 0 Å². The summed E-state index contributed by atoms with van der Waals surface area (Å²) in [6.07, 6.45) is 4.94. The Kier molecular flexibility index (Phi) is 4.84. The van der Waals surface area contributed by atoms with E-state index in [1.165, 1.54) is 12.1 Å². The van der Waals surface area contributed by atoms with Crippen LogP contribution >= 0.6 is 0 Å². The van der Waals surface area contributed by atoms with Crippen molar-refractivity contribution in [2.75, 3.05) is 19.6 Å². The van der Waals surface area contributed by atoms with E-state index in [0.29, 0.717) is 25.1 Å². The molecule has 0 radical (unpaired) electrons. The minimum absolute atomic E-state index is 0.320. The average molecular weight is 281 g/mol. The monoisotopic (exact) mass is 281 g/mol. The number of piperidine rings is 1. The number of rotatable bonds is 4. The van der Waals surface area contributed by atoms with Crippen LogP contribution in [0.4, 0.5) is 8.78 Å². The molecule has 108 valence electrons. The van der Waals surface area contributed by atoms with Crippen LogP contribution in [-0.2, 0) is 4.79 Å². The Balaban J connectivity index is 1.91. The maximum atomic E-state index is 13.4. The second-order valence-corrected chi connectivity index (χ2v) is 5.01. The molecule has 0 amide bonds. The van der Waals surface area contributed by atoms with Crippen LogP contribution in [-0.4, -0.2) is 35.6 Å². The van der Waals surface area contributed by atoms with E-state index in [1.807, 2.05) is 4.90 Å². The van der Waals surface area contributed by atoms with Gasteiger partial charge in [0.25, 0.3) is 0 Å². The average Bonchev–Trinajstić information content (AvgIpc) is 2.41. The third kappa shape index (κ3) is 3.87. The number of aliphatic carboxylic acids is 1. The summed E-state index contributed by atoms with van der Waals surface area (Å²) in [5.74, 6) is -2.27.